The largest absolute Gasteiger partial charge is 0.416 e. The van der Waals surface area contributed by atoms with Gasteiger partial charge in [0.1, 0.15) is 5.54 Å². The molecule has 9 nitrogen and oxygen atoms in total. The highest BCUT2D eigenvalue weighted by molar-refractivity contribution is 7.89. The van der Waals surface area contributed by atoms with Crippen molar-refractivity contribution in [3.8, 4) is 0 Å². The normalized spacial score (nSPS) is 26.9. The first-order valence-corrected chi connectivity index (χ1v) is 12.0. The van der Waals surface area contributed by atoms with Crippen LogP contribution in [0.1, 0.15) is 31.2 Å². The van der Waals surface area contributed by atoms with Crippen LogP contribution in [0, 0.1) is 5.92 Å². The van der Waals surface area contributed by atoms with Crippen LogP contribution in [0.5, 0.6) is 0 Å². The molecule has 0 bridgehead atoms. The lowest BCUT2D eigenvalue weighted by Crippen LogP contribution is -2.54. The number of imide groups is 1. The second-order valence-corrected chi connectivity index (χ2v) is 10.5. The molecule has 4 rings (SSSR count). The fraction of sp³-hybridized carbons (Fsp3) is 0.550. The predicted octanol–water partition coefficient (Wildman–Crippen LogP) is 1.31. The van der Waals surface area contributed by atoms with Crippen LogP contribution in [-0.2, 0) is 25.8 Å². The zero-order chi connectivity index (χ0) is 24.0. The van der Waals surface area contributed by atoms with E-state index in [1.165, 1.54) is 0 Å². The molecule has 1 spiro atoms. The maximum absolute atomic E-state index is 12.9. The van der Waals surface area contributed by atoms with Crippen molar-refractivity contribution in [2.24, 2.45) is 5.92 Å². The third-order valence-electron chi connectivity index (χ3n) is 6.57. The van der Waals surface area contributed by atoms with Gasteiger partial charge < -0.3 is 10.2 Å². The van der Waals surface area contributed by atoms with E-state index < -0.39 is 33.3 Å². The number of urea groups is 1. The minimum absolute atomic E-state index is 0.0320. The molecule has 1 aliphatic carbocycles. The topological polar surface area (TPSA) is 116 Å². The molecule has 1 aromatic rings. The van der Waals surface area contributed by atoms with Gasteiger partial charge in [0.25, 0.3) is 5.91 Å². The van der Waals surface area contributed by atoms with Gasteiger partial charge in [-0.15, -0.1) is 0 Å². The molecule has 33 heavy (non-hydrogen) atoms. The number of piperazine rings is 1. The smallest absolute Gasteiger partial charge is 0.340 e. The third-order valence-corrected chi connectivity index (χ3v) is 8.49. The number of alkyl halides is 3. The highest BCUT2D eigenvalue weighted by Gasteiger charge is 2.49. The van der Waals surface area contributed by atoms with E-state index in [-0.39, 0.29) is 48.8 Å². The highest BCUT2D eigenvalue weighted by atomic mass is 32.2. The quantitative estimate of drug-likeness (QED) is 0.623. The Labute approximate surface area is 188 Å². The molecule has 0 atom stereocenters. The highest BCUT2D eigenvalue weighted by Crippen LogP contribution is 2.35. The summed E-state index contributed by atoms with van der Waals surface area (Å²) in [5.74, 6) is -0.819. The standard InChI is InChI=1S/C20H23F3N4O5S/c21-20(22,23)14-1-3-15(4-2-14)33(31,32)27-11-9-26(10-12-27)16(28)13-5-7-19(8-6-13)17(29)24-18(30)25-19/h1-4,13H,5-12H2,(H2,24,25,29,30). The summed E-state index contributed by atoms with van der Waals surface area (Å²) >= 11 is 0. The monoisotopic (exact) mass is 488 g/mol. The Balaban J connectivity index is 1.33. The van der Waals surface area contributed by atoms with Gasteiger partial charge >= 0.3 is 12.2 Å². The Morgan fingerprint density at radius 2 is 1.58 bits per heavy atom. The van der Waals surface area contributed by atoms with Gasteiger partial charge in [-0.05, 0) is 49.9 Å². The van der Waals surface area contributed by atoms with Crippen molar-refractivity contribution >= 4 is 27.9 Å². The van der Waals surface area contributed by atoms with Crippen LogP contribution in [0.15, 0.2) is 29.2 Å². The van der Waals surface area contributed by atoms with Crippen LogP contribution in [0.4, 0.5) is 18.0 Å². The van der Waals surface area contributed by atoms with Gasteiger partial charge in [-0.3, -0.25) is 14.9 Å². The van der Waals surface area contributed by atoms with Gasteiger partial charge in [0.05, 0.1) is 10.5 Å². The minimum Gasteiger partial charge on any atom is -0.340 e. The number of sulfonamides is 1. The van der Waals surface area contributed by atoms with Crippen molar-refractivity contribution < 1.29 is 36.0 Å². The Bertz CT molecular complexity index is 1060. The number of amides is 4. The number of carbonyl (C=O) groups is 3. The van der Waals surface area contributed by atoms with E-state index in [0.717, 1.165) is 28.6 Å². The summed E-state index contributed by atoms with van der Waals surface area (Å²) in [5.41, 5.74) is -1.89. The molecule has 0 unspecified atom stereocenters. The lowest BCUT2D eigenvalue weighted by atomic mass is 9.76. The fourth-order valence-corrected chi connectivity index (χ4v) is 6.03. The van der Waals surface area contributed by atoms with E-state index in [0.29, 0.717) is 25.7 Å². The van der Waals surface area contributed by atoms with Crippen LogP contribution >= 0.6 is 0 Å². The number of hydrogen-bond acceptors (Lipinski definition) is 5. The minimum atomic E-state index is -4.56. The Hall–Kier alpha value is -2.67. The van der Waals surface area contributed by atoms with E-state index in [1.54, 1.807) is 4.90 Å². The first-order chi connectivity index (χ1) is 15.4. The number of hydrogen-bond donors (Lipinski definition) is 2. The van der Waals surface area contributed by atoms with Crippen LogP contribution in [-0.4, -0.2) is 67.2 Å². The average molecular weight is 488 g/mol. The van der Waals surface area contributed by atoms with E-state index in [2.05, 4.69) is 10.6 Å². The maximum Gasteiger partial charge on any atom is 0.416 e. The number of nitrogens with zero attached hydrogens (tertiary/aromatic N) is 2. The van der Waals surface area contributed by atoms with Gasteiger partial charge in [0.15, 0.2) is 0 Å². The number of carbonyl (C=O) groups excluding carboxylic acids is 3. The summed E-state index contributed by atoms with van der Waals surface area (Å²) in [5, 5.41) is 4.87. The summed E-state index contributed by atoms with van der Waals surface area (Å²) in [6, 6.07) is 2.80. The molecule has 4 amide bonds. The van der Waals surface area contributed by atoms with Crippen molar-refractivity contribution in [1.82, 2.24) is 19.8 Å². The van der Waals surface area contributed by atoms with E-state index in [4.69, 9.17) is 0 Å². The lowest BCUT2D eigenvalue weighted by Gasteiger charge is -2.39. The fourth-order valence-electron chi connectivity index (χ4n) is 4.61. The van der Waals surface area contributed by atoms with Gasteiger partial charge in [-0.25, -0.2) is 13.2 Å². The molecule has 2 heterocycles. The van der Waals surface area contributed by atoms with Gasteiger partial charge in [0, 0.05) is 32.1 Å². The second kappa shape index (κ2) is 8.28. The third kappa shape index (κ3) is 4.43. The SMILES string of the molecule is O=C1NC(=O)C2(CCC(C(=O)N3CCN(S(=O)(=O)c4ccc(C(F)(F)F)cc4)CC3)CC2)N1. The van der Waals surface area contributed by atoms with Gasteiger partial charge in [-0.1, -0.05) is 0 Å². The van der Waals surface area contributed by atoms with Crippen LogP contribution in [0.2, 0.25) is 0 Å². The summed E-state index contributed by atoms with van der Waals surface area (Å²) in [7, 11) is -3.98. The van der Waals surface area contributed by atoms with Crippen molar-refractivity contribution in [3.05, 3.63) is 29.8 Å². The van der Waals surface area contributed by atoms with Crippen molar-refractivity contribution in [2.75, 3.05) is 26.2 Å². The molecule has 2 N–H and O–H groups in total. The van der Waals surface area contributed by atoms with Gasteiger partial charge in [0.2, 0.25) is 15.9 Å². The lowest BCUT2D eigenvalue weighted by molar-refractivity contribution is -0.139. The average Bonchev–Trinajstić information content (AvgIpc) is 3.05. The molecule has 2 saturated heterocycles. The summed E-state index contributed by atoms with van der Waals surface area (Å²) < 4.78 is 64.9. The molecule has 180 valence electrons. The van der Waals surface area contributed by atoms with Crippen molar-refractivity contribution in [2.45, 2.75) is 42.3 Å². The first kappa shape index (κ1) is 23.5. The van der Waals surface area contributed by atoms with Crippen LogP contribution < -0.4 is 10.6 Å². The molecular weight excluding hydrogens is 465 g/mol. The Morgan fingerprint density at radius 1 is 1.00 bits per heavy atom. The zero-order valence-electron chi connectivity index (χ0n) is 17.5. The molecule has 3 aliphatic rings. The number of halogens is 3. The van der Waals surface area contributed by atoms with Crippen molar-refractivity contribution in [1.29, 1.82) is 0 Å². The molecule has 1 saturated carbocycles. The molecule has 13 heteroatoms. The van der Waals surface area contributed by atoms with Gasteiger partial charge in [-0.2, -0.15) is 17.5 Å². The van der Waals surface area contributed by atoms with E-state index in [9.17, 15) is 36.0 Å². The molecule has 0 aromatic heterocycles. The Kier molecular flexibility index (Phi) is 5.89. The number of benzene rings is 1. The molecular formula is C20H23F3N4O5S. The molecule has 2 aliphatic heterocycles. The predicted molar refractivity (Wildman–Crippen MR) is 108 cm³/mol. The first-order valence-electron chi connectivity index (χ1n) is 10.5. The maximum atomic E-state index is 12.9. The summed E-state index contributed by atoms with van der Waals surface area (Å²) in [6.07, 6.45) is -3.00. The Morgan fingerprint density at radius 3 is 2.06 bits per heavy atom. The van der Waals surface area contributed by atoms with E-state index in [1.807, 2.05) is 0 Å². The number of rotatable bonds is 3. The van der Waals surface area contributed by atoms with Crippen molar-refractivity contribution in [3.63, 3.8) is 0 Å². The van der Waals surface area contributed by atoms with Crippen LogP contribution in [0.3, 0.4) is 0 Å². The summed E-state index contributed by atoms with van der Waals surface area (Å²) in [6.45, 7) is 0.392. The summed E-state index contributed by atoms with van der Waals surface area (Å²) in [4.78, 5) is 37.8. The van der Waals surface area contributed by atoms with Crippen LogP contribution in [0.25, 0.3) is 0 Å². The number of nitrogens with one attached hydrogen (secondary N) is 2. The van der Waals surface area contributed by atoms with E-state index >= 15 is 0 Å². The molecule has 1 aromatic carbocycles. The second-order valence-electron chi connectivity index (χ2n) is 8.52. The molecule has 3 fully saturated rings. The zero-order valence-corrected chi connectivity index (χ0v) is 18.3. The molecule has 0 radical (unpaired) electrons.